The van der Waals surface area contributed by atoms with Crippen LogP contribution >= 0.6 is 0 Å². The van der Waals surface area contributed by atoms with Crippen LogP contribution in [0.1, 0.15) is 64.3 Å². The fourth-order valence-electron chi connectivity index (χ4n) is 5.28. The van der Waals surface area contributed by atoms with E-state index in [9.17, 15) is 4.79 Å². The van der Waals surface area contributed by atoms with Gasteiger partial charge in [-0.25, -0.2) is 9.97 Å². The highest BCUT2D eigenvalue weighted by Gasteiger charge is 2.30. The third kappa shape index (κ3) is 6.13. The Morgan fingerprint density at radius 2 is 1.69 bits per heavy atom. The number of benzene rings is 1. The molecule has 1 fully saturated rings. The smallest absolute Gasteiger partial charge is 0.231 e. The minimum Gasteiger partial charge on any atom is -0.369 e. The molecule has 0 unspecified atom stereocenters. The lowest BCUT2D eigenvalue weighted by Crippen LogP contribution is -2.54. The Labute approximate surface area is 211 Å². The van der Waals surface area contributed by atoms with Crippen molar-refractivity contribution in [1.29, 1.82) is 0 Å². The zero-order chi connectivity index (χ0) is 25.5. The molecule has 0 spiro atoms. The second-order valence-electron chi connectivity index (χ2n) is 9.68. The van der Waals surface area contributed by atoms with Crippen LogP contribution < -0.4 is 15.5 Å². The van der Waals surface area contributed by atoms with E-state index in [0.29, 0.717) is 6.54 Å². The van der Waals surface area contributed by atoms with Crippen LogP contribution in [0, 0.1) is 6.92 Å². The summed E-state index contributed by atoms with van der Waals surface area (Å²) in [6, 6.07) is 6.76. The van der Waals surface area contributed by atoms with Gasteiger partial charge in [0.15, 0.2) is 11.6 Å². The lowest BCUT2D eigenvalue weighted by atomic mass is 9.96. The van der Waals surface area contributed by atoms with Crippen LogP contribution in [0.15, 0.2) is 18.2 Å². The number of nitrogens with two attached hydrogens (primary N) is 1. The first kappa shape index (κ1) is 26.9. The second-order valence-corrected chi connectivity index (χ2v) is 9.68. The molecule has 0 aliphatic carbocycles. The first-order chi connectivity index (χ1) is 16.8. The van der Waals surface area contributed by atoms with Crippen molar-refractivity contribution >= 4 is 17.4 Å². The number of carbonyl (C=O) groups is 1. The molecule has 1 aromatic carbocycles. The van der Waals surface area contributed by atoms with E-state index in [1.165, 1.54) is 16.7 Å². The summed E-state index contributed by atoms with van der Waals surface area (Å²) < 4.78 is 0. The SMILES string of the molecule is CCCN(CCC)c1c(C)nc(-c2c(CC)cccc2CC)nc1N1CCN(CC(N)=O)[C@H](C)C1. The number of amides is 1. The second kappa shape index (κ2) is 12.3. The van der Waals surface area contributed by atoms with Crippen LogP contribution in [0.2, 0.25) is 0 Å². The van der Waals surface area contributed by atoms with Crippen molar-refractivity contribution in [1.82, 2.24) is 14.9 Å². The maximum absolute atomic E-state index is 11.6. The predicted molar refractivity (Wildman–Crippen MR) is 146 cm³/mol. The van der Waals surface area contributed by atoms with Crippen molar-refractivity contribution in [3.63, 3.8) is 0 Å². The maximum atomic E-state index is 11.6. The number of hydrogen-bond acceptors (Lipinski definition) is 6. The van der Waals surface area contributed by atoms with Gasteiger partial charge >= 0.3 is 0 Å². The van der Waals surface area contributed by atoms with E-state index in [1.54, 1.807) is 0 Å². The van der Waals surface area contributed by atoms with Gasteiger partial charge in [-0.3, -0.25) is 9.69 Å². The van der Waals surface area contributed by atoms with Crippen molar-refractivity contribution in [2.24, 2.45) is 5.73 Å². The van der Waals surface area contributed by atoms with E-state index in [4.69, 9.17) is 15.7 Å². The first-order valence-corrected chi connectivity index (χ1v) is 13.4. The average molecular weight is 481 g/mol. The Bertz CT molecular complexity index is 979. The summed E-state index contributed by atoms with van der Waals surface area (Å²) in [6.45, 7) is 17.8. The predicted octanol–water partition coefficient (Wildman–Crippen LogP) is 4.20. The Morgan fingerprint density at radius 3 is 2.20 bits per heavy atom. The number of primary amides is 1. The van der Waals surface area contributed by atoms with E-state index in [1.807, 2.05) is 0 Å². The van der Waals surface area contributed by atoms with Crippen LogP contribution in [0.25, 0.3) is 11.4 Å². The summed E-state index contributed by atoms with van der Waals surface area (Å²) in [7, 11) is 0. The molecule has 2 aromatic rings. The van der Waals surface area contributed by atoms with Crippen LogP contribution in [0.5, 0.6) is 0 Å². The molecule has 2 heterocycles. The summed E-state index contributed by atoms with van der Waals surface area (Å²) in [6.07, 6.45) is 4.04. The van der Waals surface area contributed by atoms with Gasteiger partial charge in [-0.1, -0.05) is 45.9 Å². The van der Waals surface area contributed by atoms with Crippen molar-refractivity contribution in [2.75, 3.05) is 49.1 Å². The standard InChI is InChI=1S/C28H44N6O/c1-7-14-32(15-8-2)26-21(6)30-27(25-22(9-3)12-11-13-23(25)10-4)31-28(26)34-17-16-33(19-24(29)35)20(5)18-34/h11-13,20H,7-10,14-19H2,1-6H3,(H2,29,35)/t20-/m1/s1. The third-order valence-electron chi connectivity index (χ3n) is 6.99. The normalized spacial score (nSPS) is 16.5. The van der Waals surface area contributed by atoms with E-state index in [2.05, 4.69) is 74.4 Å². The molecule has 0 bridgehead atoms. The molecule has 0 radical (unpaired) electrons. The monoisotopic (exact) mass is 480 g/mol. The van der Waals surface area contributed by atoms with Crippen molar-refractivity contribution in [2.45, 2.75) is 73.3 Å². The average Bonchev–Trinajstić information content (AvgIpc) is 2.84. The molecule has 1 aromatic heterocycles. The molecule has 1 amide bonds. The largest absolute Gasteiger partial charge is 0.369 e. The molecule has 3 rings (SSSR count). The zero-order valence-electron chi connectivity index (χ0n) is 22.6. The number of piperazine rings is 1. The number of aryl methyl sites for hydroxylation is 3. The number of hydrogen-bond donors (Lipinski definition) is 1. The molecular weight excluding hydrogens is 436 g/mol. The quantitative estimate of drug-likeness (QED) is 0.519. The van der Waals surface area contributed by atoms with E-state index < -0.39 is 0 Å². The van der Waals surface area contributed by atoms with Crippen LogP contribution in [-0.4, -0.2) is 66.1 Å². The van der Waals surface area contributed by atoms with Gasteiger partial charge in [0, 0.05) is 44.3 Å². The number of aromatic nitrogens is 2. The van der Waals surface area contributed by atoms with Crippen LogP contribution in [-0.2, 0) is 17.6 Å². The van der Waals surface area contributed by atoms with Gasteiger partial charge in [0.1, 0.15) is 5.69 Å². The van der Waals surface area contributed by atoms with Crippen molar-refractivity contribution in [3.05, 3.63) is 35.0 Å². The summed E-state index contributed by atoms with van der Waals surface area (Å²) >= 11 is 0. The fraction of sp³-hybridized carbons (Fsp3) is 0.607. The minimum absolute atomic E-state index is 0.211. The van der Waals surface area contributed by atoms with E-state index in [0.717, 1.165) is 81.4 Å². The molecule has 1 atom stereocenters. The van der Waals surface area contributed by atoms with E-state index >= 15 is 0 Å². The van der Waals surface area contributed by atoms with E-state index in [-0.39, 0.29) is 11.9 Å². The van der Waals surface area contributed by atoms with Crippen molar-refractivity contribution in [3.8, 4) is 11.4 Å². The molecule has 1 saturated heterocycles. The zero-order valence-corrected chi connectivity index (χ0v) is 22.6. The van der Waals surface area contributed by atoms with Gasteiger partial charge in [-0.15, -0.1) is 0 Å². The highest BCUT2D eigenvalue weighted by Crippen LogP contribution is 2.36. The van der Waals surface area contributed by atoms with Crippen molar-refractivity contribution < 1.29 is 4.79 Å². The topological polar surface area (TPSA) is 78.6 Å². The van der Waals surface area contributed by atoms with Crippen LogP contribution in [0.4, 0.5) is 11.5 Å². The number of rotatable bonds is 11. The maximum Gasteiger partial charge on any atom is 0.231 e. The van der Waals surface area contributed by atoms with Gasteiger partial charge in [0.05, 0.1) is 12.2 Å². The highest BCUT2D eigenvalue weighted by atomic mass is 16.1. The van der Waals surface area contributed by atoms with Gasteiger partial charge in [-0.2, -0.15) is 0 Å². The Balaban J connectivity index is 2.15. The van der Waals surface area contributed by atoms with Crippen LogP contribution in [0.3, 0.4) is 0 Å². The molecule has 2 N–H and O–H groups in total. The first-order valence-electron chi connectivity index (χ1n) is 13.4. The summed E-state index contributed by atoms with van der Waals surface area (Å²) in [4.78, 5) is 29.0. The summed E-state index contributed by atoms with van der Waals surface area (Å²) in [5.41, 5.74) is 11.5. The van der Waals surface area contributed by atoms with Gasteiger partial charge < -0.3 is 15.5 Å². The Morgan fingerprint density at radius 1 is 1.06 bits per heavy atom. The Hall–Kier alpha value is -2.67. The number of nitrogens with zero attached hydrogens (tertiary/aromatic N) is 5. The lowest BCUT2D eigenvalue weighted by Gasteiger charge is -2.41. The molecular formula is C28H44N6O. The number of carbonyl (C=O) groups excluding carboxylic acids is 1. The molecule has 7 heteroatoms. The third-order valence-corrected chi connectivity index (χ3v) is 6.99. The molecule has 35 heavy (non-hydrogen) atoms. The van der Waals surface area contributed by atoms with Gasteiger partial charge in [0.2, 0.25) is 5.91 Å². The summed E-state index contributed by atoms with van der Waals surface area (Å²) in [5, 5.41) is 0. The van der Waals surface area contributed by atoms with Gasteiger partial charge in [-0.05, 0) is 50.7 Å². The molecule has 7 nitrogen and oxygen atoms in total. The van der Waals surface area contributed by atoms with Gasteiger partial charge in [0.25, 0.3) is 0 Å². The number of anilines is 2. The summed E-state index contributed by atoms with van der Waals surface area (Å²) in [5.74, 6) is 1.58. The highest BCUT2D eigenvalue weighted by molar-refractivity contribution is 5.77. The minimum atomic E-state index is -0.272. The molecule has 1 aliphatic heterocycles. The molecule has 1 aliphatic rings. The molecule has 0 saturated carbocycles. The lowest BCUT2D eigenvalue weighted by molar-refractivity contribution is -0.119. The fourth-order valence-corrected chi connectivity index (χ4v) is 5.28. The Kier molecular flexibility index (Phi) is 9.49. The molecule has 192 valence electrons.